The minimum Gasteiger partial charge on any atom is -0.376 e. The van der Waals surface area contributed by atoms with E-state index in [-0.39, 0.29) is 17.6 Å². The van der Waals surface area contributed by atoms with E-state index in [4.69, 9.17) is 14.3 Å². The minimum absolute atomic E-state index is 0.0339. The fourth-order valence-corrected chi connectivity index (χ4v) is 7.08. The van der Waals surface area contributed by atoms with E-state index in [1.165, 1.54) is 5.06 Å². The van der Waals surface area contributed by atoms with Crippen LogP contribution in [0.2, 0.25) is 0 Å². The number of nitrogens with zero attached hydrogens (tertiary/aromatic N) is 2. The highest BCUT2D eigenvalue weighted by Gasteiger charge is 2.70. The van der Waals surface area contributed by atoms with Crippen LogP contribution in [0.15, 0.2) is 24.3 Å². The molecule has 0 aromatic heterocycles. The zero-order valence-corrected chi connectivity index (χ0v) is 15.9. The SMILES string of the molecule is CC[C@@]12COCN1[C@@H]1C[C@@]3(C(=O)N(OC)c4ccccc43)[C@@H]3C[C@H]2[C@H]1CO3. The van der Waals surface area contributed by atoms with Gasteiger partial charge in [-0.15, -0.1) is 0 Å². The fraction of sp³-hybridized carbons (Fsp3) is 0.667. The first kappa shape index (κ1) is 16.5. The van der Waals surface area contributed by atoms with Crippen LogP contribution in [-0.4, -0.2) is 55.5 Å². The summed E-state index contributed by atoms with van der Waals surface area (Å²) in [6, 6.07) is 8.39. The second kappa shape index (κ2) is 5.32. The molecule has 144 valence electrons. The van der Waals surface area contributed by atoms with Crippen LogP contribution in [0, 0.1) is 11.8 Å². The molecule has 4 bridgehead atoms. The summed E-state index contributed by atoms with van der Waals surface area (Å²) in [5.41, 5.74) is 1.41. The maximum Gasteiger partial charge on any atom is 0.264 e. The van der Waals surface area contributed by atoms with Crippen molar-refractivity contribution in [2.45, 2.75) is 49.3 Å². The van der Waals surface area contributed by atoms with E-state index >= 15 is 0 Å². The highest BCUT2D eigenvalue weighted by atomic mass is 16.7. The number of benzene rings is 1. The lowest BCUT2D eigenvalue weighted by Crippen LogP contribution is -2.57. The third kappa shape index (κ3) is 1.70. The van der Waals surface area contributed by atoms with Gasteiger partial charge in [-0.2, -0.15) is 5.06 Å². The first-order chi connectivity index (χ1) is 13.2. The maximum atomic E-state index is 13.7. The molecule has 6 nitrogen and oxygen atoms in total. The lowest BCUT2D eigenvalue weighted by Gasteiger charge is -2.45. The number of carbonyl (C=O) groups excluding carboxylic acids is 1. The van der Waals surface area contributed by atoms with Crippen LogP contribution in [0.4, 0.5) is 5.69 Å². The fourth-order valence-electron chi connectivity index (χ4n) is 7.08. The van der Waals surface area contributed by atoms with E-state index in [1.54, 1.807) is 7.11 Å². The summed E-state index contributed by atoms with van der Waals surface area (Å²) in [6.45, 7) is 4.53. The van der Waals surface area contributed by atoms with Crippen LogP contribution in [0.25, 0.3) is 0 Å². The summed E-state index contributed by atoms with van der Waals surface area (Å²) < 4.78 is 12.4. The molecule has 1 aliphatic carbocycles. The normalized spacial score (nSPS) is 44.8. The van der Waals surface area contributed by atoms with Gasteiger partial charge in [0.25, 0.3) is 5.91 Å². The molecule has 5 aliphatic heterocycles. The Hall–Kier alpha value is -1.47. The minimum atomic E-state index is -0.650. The number of amides is 1. The summed E-state index contributed by atoms with van der Waals surface area (Å²) in [4.78, 5) is 21.8. The van der Waals surface area contributed by atoms with Crippen molar-refractivity contribution in [3.63, 3.8) is 0 Å². The molecule has 6 aliphatic rings. The van der Waals surface area contributed by atoms with E-state index in [9.17, 15) is 4.79 Å². The van der Waals surface area contributed by atoms with Crippen molar-refractivity contribution in [2.24, 2.45) is 11.8 Å². The first-order valence-electron chi connectivity index (χ1n) is 10.1. The van der Waals surface area contributed by atoms with Gasteiger partial charge in [0.15, 0.2) is 0 Å². The Labute approximate surface area is 159 Å². The van der Waals surface area contributed by atoms with Crippen LogP contribution in [-0.2, 0) is 24.5 Å². The zero-order valence-electron chi connectivity index (χ0n) is 15.9. The molecule has 6 heteroatoms. The highest BCUT2D eigenvalue weighted by molar-refractivity contribution is 6.07. The molecule has 0 N–H and O–H groups in total. The standard InChI is InChI=1S/C21H26N2O4/c1-3-20-11-26-12-22(20)17-9-21(18-8-15(20)13(17)10-27-18)14-6-4-5-7-16(14)23(25-2)19(21)24/h4-7,13,15,17-18H,3,8-12H2,1-2H3/t13-,15+,17-,18+,20+,21+/m1/s1. The predicted octanol–water partition coefficient (Wildman–Crippen LogP) is 2.08. The largest absolute Gasteiger partial charge is 0.376 e. The van der Waals surface area contributed by atoms with Gasteiger partial charge in [-0.25, -0.2) is 0 Å². The molecule has 1 amide bonds. The average molecular weight is 370 g/mol. The molecule has 5 heterocycles. The van der Waals surface area contributed by atoms with Crippen molar-refractivity contribution >= 4 is 11.6 Å². The molecule has 5 fully saturated rings. The van der Waals surface area contributed by atoms with Crippen LogP contribution in [0.5, 0.6) is 0 Å². The lowest BCUT2D eigenvalue weighted by atomic mass is 9.68. The van der Waals surface area contributed by atoms with Crippen molar-refractivity contribution in [1.29, 1.82) is 0 Å². The zero-order chi connectivity index (χ0) is 18.4. The smallest absolute Gasteiger partial charge is 0.264 e. The number of hydrogen-bond donors (Lipinski definition) is 0. The van der Waals surface area contributed by atoms with E-state index in [1.807, 2.05) is 18.2 Å². The second-order valence-electron chi connectivity index (χ2n) is 8.77. The van der Waals surface area contributed by atoms with Gasteiger partial charge in [-0.1, -0.05) is 25.1 Å². The number of anilines is 1. The summed E-state index contributed by atoms with van der Waals surface area (Å²) in [5.74, 6) is 1.05. The number of rotatable bonds is 2. The maximum absolute atomic E-state index is 13.7. The Morgan fingerprint density at radius 1 is 1.33 bits per heavy atom. The molecule has 7 rings (SSSR count). The van der Waals surface area contributed by atoms with Gasteiger partial charge in [-0.05, 0) is 36.8 Å². The first-order valence-corrected chi connectivity index (χ1v) is 10.1. The average Bonchev–Trinajstić information content (AvgIpc) is 3.22. The van der Waals surface area contributed by atoms with Gasteiger partial charge in [0.2, 0.25) is 0 Å². The Balaban J connectivity index is 1.53. The number of hydroxylamine groups is 1. The number of para-hydroxylation sites is 1. The quantitative estimate of drug-likeness (QED) is 0.798. The van der Waals surface area contributed by atoms with Crippen molar-refractivity contribution in [3.8, 4) is 0 Å². The Kier molecular flexibility index (Phi) is 3.25. The highest BCUT2D eigenvalue weighted by Crippen LogP contribution is 2.62. The van der Waals surface area contributed by atoms with E-state index in [2.05, 4.69) is 17.9 Å². The molecule has 0 radical (unpaired) electrons. The molecule has 1 aromatic rings. The van der Waals surface area contributed by atoms with Gasteiger partial charge >= 0.3 is 0 Å². The molecular formula is C21H26N2O4. The Morgan fingerprint density at radius 2 is 2.19 bits per heavy atom. The second-order valence-corrected chi connectivity index (χ2v) is 8.77. The molecule has 1 aromatic carbocycles. The molecular weight excluding hydrogens is 344 g/mol. The Bertz CT molecular complexity index is 815. The third-order valence-corrected chi connectivity index (χ3v) is 8.26. The number of hydrogen-bond acceptors (Lipinski definition) is 5. The van der Waals surface area contributed by atoms with Crippen LogP contribution >= 0.6 is 0 Å². The van der Waals surface area contributed by atoms with Gasteiger partial charge in [0, 0.05) is 17.5 Å². The Morgan fingerprint density at radius 3 is 3.00 bits per heavy atom. The van der Waals surface area contributed by atoms with E-state index in [0.717, 1.165) is 43.7 Å². The summed E-state index contributed by atoms with van der Waals surface area (Å²) in [5, 5.41) is 1.48. The van der Waals surface area contributed by atoms with Crippen molar-refractivity contribution < 1.29 is 19.1 Å². The van der Waals surface area contributed by atoms with Crippen LogP contribution < -0.4 is 5.06 Å². The summed E-state index contributed by atoms with van der Waals surface area (Å²) in [6.07, 6.45) is 2.72. The third-order valence-electron chi connectivity index (χ3n) is 8.26. The van der Waals surface area contributed by atoms with Crippen molar-refractivity contribution in [2.75, 3.05) is 32.1 Å². The van der Waals surface area contributed by atoms with Gasteiger partial charge in [0.1, 0.15) is 5.41 Å². The predicted molar refractivity (Wildman–Crippen MR) is 98.0 cm³/mol. The number of ether oxygens (including phenoxy) is 2. The van der Waals surface area contributed by atoms with Gasteiger partial charge < -0.3 is 9.47 Å². The van der Waals surface area contributed by atoms with Crippen LogP contribution in [0.3, 0.4) is 0 Å². The summed E-state index contributed by atoms with van der Waals surface area (Å²) in [7, 11) is 1.57. The summed E-state index contributed by atoms with van der Waals surface area (Å²) >= 11 is 0. The van der Waals surface area contributed by atoms with E-state index in [0.29, 0.717) is 24.6 Å². The molecule has 0 unspecified atom stereocenters. The van der Waals surface area contributed by atoms with Gasteiger partial charge in [-0.3, -0.25) is 14.5 Å². The lowest BCUT2D eigenvalue weighted by molar-refractivity contribution is -0.140. The molecule has 27 heavy (non-hydrogen) atoms. The van der Waals surface area contributed by atoms with Crippen molar-refractivity contribution in [1.82, 2.24) is 4.90 Å². The number of fused-ring (bicyclic) bond motifs is 3. The van der Waals surface area contributed by atoms with Crippen molar-refractivity contribution in [3.05, 3.63) is 29.8 Å². The van der Waals surface area contributed by atoms with Gasteiger partial charge in [0.05, 0.1) is 38.8 Å². The number of carbonyl (C=O) groups is 1. The molecule has 1 spiro atoms. The topological polar surface area (TPSA) is 51.2 Å². The molecule has 6 atom stereocenters. The molecule has 1 saturated carbocycles. The van der Waals surface area contributed by atoms with Crippen LogP contribution in [0.1, 0.15) is 31.7 Å². The monoisotopic (exact) mass is 370 g/mol. The molecule has 4 saturated heterocycles. The van der Waals surface area contributed by atoms with E-state index < -0.39 is 5.41 Å².